The number of rotatable bonds is 2. The second-order valence-corrected chi connectivity index (χ2v) is 4.92. The monoisotopic (exact) mass is 303 g/mol. The zero-order valence-electron chi connectivity index (χ0n) is 11.3. The van der Waals surface area contributed by atoms with Gasteiger partial charge >= 0.3 is 11.8 Å². The molecule has 0 bridgehead atoms. The molecule has 2 aromatic rings. The van der Waals surface area contributed by atoms with Crippen LogP contribution in [0.4, 0.5) is 17.1 Å². The lowest BCUT2D eigenvalue weighted by Gasteiger charge is -2.08. The summed E-state index contributed by atoms with van der Waals surface area (Å²) >= 11 is 5.93. The predicted octanol–water partition coefficient (Wildman–Crippen LogP) is 2.81. The standard InChI is InChI=1S/C15H14ClN3O2/c1-9-2-5-11(6-3-9)18-14(20)15(21)19-13-7-4-10(17)8-12(13)16/h2-8H,17H2,1H3,(H,18,20)(H,19,21). The molecule has 2 rings (SSSR count). The van der Waals surface area contributed by atoms with Crippen LogP contribution in [-0.4, -0.2) is 11.8 Å². The Morgan fingerprint density at radius 2 is 1.62 bits per heavy atom. The van der Waals surface area contributed by atoms with Crippen LogP contribution in [0, 0.1) is 6.92 Å². The lowest BCUT2D eigenvalue weighted by molar-refractivity contribution is -0.132. The molecule has 0 saturated carbocycles. The summed E-state index contributed by atoms with van der Waals surface area (Å²) in [5.41, 5.74) is 7.97. The highest BCUT2D eigenvalue weighted by atomic mass is 35.5. The first kappa shape index (κ1) is 14.9. The first-order valence-corrected chi connectivity index (χ1v) is 6.57. The summed E-state index contributed by atoms with van der Waals surface area (Å²) in [5, 5.41) is 5.20. The van der Waals surface area contributed by atoms with Gasteiger partial charge in [0, 0.05) is 11.4 Å². The minimum Gasteiger partial charge on any atom is -0.399 e. The van der Waals surface area contributed by atoms with E-state index in [1.54, 1.807) is 18.2 Å². The average molecular weight is 304 g/mol. The van der Waals surface area contributed by atoms with Gasteiger partial charge in [0.05, 0.1) is 10.7 Å². The maximum absolute atomic E-state index is 11.8. The van der Waals surface area contributed by atoms with Crippen LogP contribution in [0.1, 0.15) is 5.56 Å². The summed E-state index contributed by atoms with van der Waals surface area (Å²) in [4.78, 5) is 23.6. The van der Waals surface area contributed by atoms with Gasteiger partial charge in [-0.3, -0.25) is 9.59 Å². The van der Waals surface area contributed by atoms with Crippen LogP contribution >= 0.6 is 11.6 Å². The van der Waals surface area contributed by atoms with Gasteiger partial charge < -0.3 is 16.4 Å². The number of amides is 2. The molecule has 5 nitrogen and oxygen atoms in total. The molecule has 0 aliphatic carbocycles. The largest absolute Gasteiger partial charge is 0.399 e. The highest BCUT2D eigenvalue weighted by Gasteiger charge is 2.15. The van der Waals surface area contributed by atoms with E-state index >= 15 is 0 Å². The first-order chi connectivity index (χ1) is 9.95. The van der Waals surface area contributed by atoms with Crippen molar-refractivity contribution in [3.05, 3.63) is 53.1 Å². The molecular formula is C15H14ClN3O2. The molecule has 2 amide bonds. The number of benzene rings is 2. The minimum absolute atomic E-state index is 0.270. The van der Waals surface area contributed by atoms with Crippen molar-refractivity contribution in [3.8, 4) is 0 Å². The molecule has 4 N–H and O–H groups in total. The van der Waals surface area contributed by atoms with E-state index in [2.05, 4.69) is 10.6 Å². The summed E-state index contributed by atoms with van der Waals surface area (Å²) in [6.07, 6.45) is 0. The van der Waals surface area contributed by atoms with E-state index in [0.29, 0.717) is 17.1 Å². The van der Waals surface area contributed by atoms with Crippen LogP contribution in [-0.2, 0) is 9.59 Å². The summed E-state index contributed by atoms with van der Waals surface area (Å²) in [7, 11) is 0. The summed E-state index contributed by atoms with van der Waals surface area (Å²) < 4.78 is 0. The second kappa shape index (κ2) is 6.28. The Balaban J connectivity index is 2.02. The first-order valence-electron chi connectivity index (χ1n) is 6.20. The number of carbonyl (C=O) groups excluding carboxylic acids is 2. The van der Waals surface area contributed by atoms with Crippen LogP contribution in [0.25, 0.3) is 0 Å². The topological polar surface area (TPSA) is 84.2 Å². The molecule has 2 aromatic carbocycles. The van der Waals surface area contributed by atoms with Gasteiger partial charge in [0.15, 0.2) is 0 Å². The van der Waals surface area contributed by atoms with Gasteiger partial charge in [-0.25, -0.2) is 0 Å². The Morgan fingerprint density at radius 3 is 2.24 bits per heavy atom. The van der Waals surface area contributed by atoms with Gasteiger partial charge in [-0.2, -0.15) is 0 Å². The minimum atomic E-state index is -0.803. The van der Waals surface area contributed by atoms with E-state index in [-0.39, 0.29) is 5.02 Å². The van der Waals surface area contributed by atoms with Crippen molar-refractivity contribution >= 4 is 40.5 Å². The van der Waals surface area contributed by atoms with Crippen molar-refractivity contribution in [1.82, 2.24) is 0 Å². The van der Waals surface area contributed by atoms with Gasteiger partial charge in [-0.1, -0.05) is 29.3 Å². The normalized spacial score (nSPS) is 10.0. The van der Waals surface area contributed by atoms with Crippen LogP contribution in [0.15, 0.2) is 42.5 Å². The van der Waals surface area contributed by atoms with E-state index in [9.17, 15) is 9.59 Å². The SMILES string of the molecule is Cc1ccc(NC(=O)C(=O)Nc2ccc(N)cc2Cl)cc1. The highest BCUT2D eigenvalue weighted by molar-refractivity contribution is 6.44. The van der Waals surface area contributed by atoms with Gasteiger partial charge in [0.2, 0.25) is 0 Å². The van der Waals surface area contributed by atoms with Gasteiger partial charge in [0.1, 0.15) is 0 Å². The quantitative estimate of drug-likeness (QED) is 0.589. The average Bonchev–Trinajstić information content (AvgIpc) is 2.44. The Morgan fingerprint density at radius 1 is 1.00 bits per heavy atom. The summed E-state index contributed by atoms with van der Waals surface area (Å²) in [6, 6.07) is 11.7. The molecule has 0 fully saturated rings. The van der Waals surface area contributed by atoms with Crippen LogP contribution in [0.2, 0.25) is 5.02 Å². The third-order valence-corrected chi connectivity index (χ3v) is 3.07. The molecule has 0 aliphatic rings. The molecule has 0 radical (unpaired) electrons. The number of aryl methyl sites for hydroxylation is 1. The number of carbonyl (C=O) groups is 2. The fraction of sp³-hybridized carbons (Fsp3) is 0.0667. The Labute approximate surface area is 127 Å². The van der Waals surface area contributed by atoms with E-state index < -0.39 is 11.8 Å². The highest BCUT2D eigenvalue weighted by Crippen LogP contribution is 2.23. The zero-order chi connectivity index (χ0) is 15.4. The maximum atomic E-state index is 11.8. The number of hydrogen-bond acceptors (Lipinski definition) is 3. The third-order valence-electron chi connectivity index (χ3n) is 2.76. The predicted molar refractivity (Wildman–Crippen MR) is 84.3 cm³/mol. The Hall–Kier alpha value is -2.53. The molecule has 0 unspecified atom stereocenters. The number of nitrogens with two attached hydrogens (primary N) is 1. The van der Waals surface area contributed by atoms with Crippen LogP contribution < -0.4 is 16.4 Å². The molecule has 0 heterocycles. The summed E-state index contributed by atoms with van der Waals surface area (Å²) in [6.45, 7) is 1.93. The van der Waals surface area contributed by atoms with E-state index in [1.165, 1.54) is 12.1 Å². The summed E-state index contributed by atoms with van der Waals surface area (Å²) in [5.74, 6) is -1.58. The number of nitrogens with one attached hydrogen (secondary N) is 2. The molecule has 0 saturated heterocycles. The number of hydrogen-bond donors (Lipinski definition) is 3. The van der Waals surface area contributed by atoms with Crippen molar-refractivity contribution in [3.63, 3.8) is 0 Å². The molecular weight excluding hydrogens is 290 g/mol. The van der Waals surface area contributed by atoms with Gasteiger partial charge in [-0.05, 0) is 37.3 Å². The fourth-order valence-electron chi connectivity index (χ4n) is 1.64. The fourth-order valence-corrected chi connectivity index (χ4v) is 1.87. The number of anilines is 3. The number of halogens is 1. The van der Waals surface area contributed by atoms with E-state index in [0.717, 1.165) is 5.56 Å². The zero-order valence-corrected chi connectivity index (χ0v) is 12.1. The van der Waals surface area contributed by atoms with Crippen molar-refractivity contribution in [2.75, 3.05) is 16.4 Å². The lowest BCUT2D eigenvalue weighted by atomic mass is 10.2. The van der Waals surface area contributed by atoms with Crippen LogP contribution in [0.3, 0.4) is 0 Å². The van der Waals surface area contributed by atoms with Gasteiger partial charge in [0.25, 0.3) is 0 Å². The van der Waals surface area contributed by atoms with Crippen molar-refractivity contribution in [2.24, 2.45) is 0 Å². The Bertz CT molecular complexity index is 684. The van der Waals surface area contributed by atoms with E-state index in [4.69, 9.17) is 17.3 Å². The molecule has 0 aliphatic heterocycles. The molecule has 0 aromatic heterocycles. The second-order valence-electron chi connectivity index (χ2n) is 4.51. The smallest absolute Gasteiger partial charge is 0.314 e. The van der Waals surface area contributed by atoms with E-state index in [1.807, 2.05) is 19.1 Å². The van der Waals surface area contributed by atoms with Crippen molar-refractivity contribution < 1.29 is 9.59 Å². The molecule has 21 heavy (non-hydrogen) atoms. The van der Waals surface area contributed by atoms with Crippen LogP contribution in [0.5, 0.6) is 0 Å². The lowest BCUT2D eigenvalue weighted by Crippen LogP contribution is -2.29. The Kier molecular flexibility index (Phi) is 4.45. The van der Waals surface area contributed by atoms with Gasteiger partial charge in [-0.15, -0.1) is 0 Å². The molecule has 0 spiro atoms. The van der Waals surface area contributed by atoms with Crippen molar-refractivity contribution in [2.45, 2.75) is 6.92 Å². The molecule has 6 heteroatoms. The third kappa shape index (κ3) is 3.97. The number of nitrogen functional groups attached to an aromatic ring is 1. The molecule has 108 valence electrons. The molecule has 0 atom stereocenters. The maximum Gasteiger partial charge on any atom is 0.314 e. The van der Waals surface area contributed by atoms with Crippen molar-refractivity contribution in [1.29, 1.82) is 0 Å².